The van der Waals surface area contributed by atoms with Crippen molar-refractivity contribution < 1.29 is 18.9 Å². The van der Waals surface area contributed by atoms with E-state index in [0.717, 1.165) is 11.8 Å². The highest BCUT2D eigenvalue weighted by Crippen LogP contribution is 2.34. The van der Waals surface area contributed by atoms with E-state index in [1.807, 2.05) is 6.92 Å². The fourth-order valence-electron chi connectivity index (χ4n) is 2.59. The molecule has 2 amide bonds. The Labute approximate surface area is 153 Å². The molecular formula is C18H16N2O5S. The van der Waals surface area contributed by atoms with Crippen LogP contribution in [0.4, 0.5) is 10.5 Å². The Morgan fingerprint density at radius 3 is 2.73 bits per heavy atom. The first-order valence-corrected chi connectivity index (χ1v) is 8.83. The number of carbonyl (C=O) groups excluding carboxylic acids is 2. The van der Waals surface area contributed by atoms with Gasteiger partial charge in [-0.05, 0) is 37.2 Å². The maximum Gasteiger partial charge on any atom is 0.293 e. The van der Waals surface area contributed by atoms with Gasteiger partial charge in [-0.15, -0.1) is 0 Å². The van der Waals surface area contributed by atoms with E-state index >= 15 is 0 Å². The van der Waals surface area contributed by atoms with E-state index in [-0.39, 0.29) is 16.8 Å². The molecule has 0 spiro atoms. The largest absolute Gasteiger partial charge is 0.457 e. The molecule has 2 aromatic rings. The average Bonchev–Trinajstić information content (AvgIpc) is 3.16. The molecular weight excluding hydrogens is 356 g/mol. The lowest BCUT2D eigenvalue weighted by atomic mass is 10.1. The van der Waals surface area contributed by atoms with Crippen LogP contribution in [0.5, 0.6) is 0 Å². The second kappa shape index (κ2) is 7.17. The maximum absolute atomic E-state index is 12.2. The van der Waals surface area contributed by atoms with Crippen molar-refractivity contribution >= 4 is 34.7 Å². The fraction of sp³-hybridized carbons (Fsp3) is 0.222. The number of thioether (sulfide) groups is 1. The molecule has 1 aliphatic rings. The minimum absolute atomic E-state index is 0.0149. The van der Waals surface area contributed by atoms with Crippen LogP contribution in [0.1, 0.15) is 24.7 Å². The molecule has 3 rings (SSSR count). The zero-order valence-electron chi connectivity index (χ0n) is 14.2. The van der Waals surface area contributed by atoms with Gasteiger partial charge in [0, 0.05) is 29.8 Å². The van der Waals surface area contributed by atoms with E-state index < -0.39 is 4.92 Å². The summed E-state index contributed by atoms with van der Waals surface area (Å²) in [5, 5.41) is 10.8. The molecule has 0 aliphatic carbocycles. The van der Waals surface area contributed by atoms with Crippen LogP contribution in [0.3, 0.4) is 0 Å². The van der Waals surface area contributed by atoms with Crippen molar-refractivity contribution in [1.82, 2.24) is 4.90 Å². The van der Waals surface area contributed by atoms with Gasteiger partial charge in [0.05, 0.1) is 9.83 Å². The average molecular weight is 372 g/mol. The molecule has 0 bridgehead atoms. The molecule has 1 aromatic carbocycles. The molecule has 0 saturated carbocycles. The normalized spacial score (nSPS) is 15.9. The number of benzene rings is 1. The number of furan rings is 1. The Bertz CT molecular complexity index is 931. The predicted molar refractivity (Wildman–Crippen MR) is 98.5 cm³/mol. The molecule has 1 saturated heterocycles. The molecule has 0 radical (unpaired) electrons. The highest BCUT2D eigenvalue weighted by molar-refractivity contribution is 8.18. The van der Waals surface area contributed by atoms with Crippen molar-refractivity contribution in [1.29, 1.82) is 0 Å². The standard InChI is InChI=1S/C18H16N2O5S/c1-3-8-19-17(21)16(26-18(19)22)10-13-6-7-15(25-13)12-5-4-11(2)14(9-12)20(23)24/h4-7,9-10H,3,8H2,1-2H3/b16-10+. The third-order valence-electron chi connectivity index (χ3n) is 3.91. The quantitative estimate of drug-likeness (QED) is 0.432. The monoisotopic (exact) mass is 372 g/mol. The summed E-state index contributed by atoms with van der Waals surface area (Å²) in [5.41, 5.74) is 1.15. The number of nitro benzene ring substituents is 1. The van der Waals surface area contributed by atoms with Crippen molar-refractivity contribution in [3.05, 3.63) is 56.7 Å². The number of amides is 2. The van der Waals surface area contributed by atoms with Crippen LogP contribution < -0.4 is 0 Å². The lowest BCUT2D eigenvalue weighted by Gasteiger charge is -2.09. The summed E-state index contributed by atoms with van der Waals surface area (Å²) < 4.78 is 5.69. The molecule has 0 N–H and O–H groups in total. The van der Waals surface area contributed by atoms with Gasteiger partial charge in [0.15, 0.2) is 0 Å². The summed E-state index contributed by atoms with van der Waals surface area (Å²) in [7, 11) is 0. The first kappa shape index (κ1) is 17.9. The second-order valence-corrected chi connectivity index (χ2v) is 6.79. The molecule has 0 unspecified atom stereocenters. The van der Waals surface area contributed by atoms with Gasteiger partial charge in [-0.1, -0.05) is 19.1 Å². The molecule has 2 heterocycles. The van der Waals surface area contributed by atoms with Crippen LogP contribution in [-0.4, -0.2) is 27.5 Å². The number of imide groups is 1. The fourth-order valence-corrected chi connectivity index (χ4v) is 3.44. The first-order valence-electron chi connectivity index (χ1n) is 8.01. The smallest absolute Gasteiger partial charge is 0.293 e. The third-order valence-corrected chi connectivity index (χ3v) is 4.82. The SMILES string of the molecule is CCCN1C(=O)S/C(=C/c2ccc(-c3ccc(C)c([N+](=O)[O-])c3)o2)C1=O. The number of nitro groups is 1. The number of aryl methyl sites for hydroxylation is 1. The lowest BCUT2D eigenvalue weighted by Crippen LogP contribution is -2.28. The number of nitrogens with zero attached hydrogens (tertiary/aromatic N) is 2. The van der Waals surface area contributed by atoms with E-state index in [0.29, 0.717) is 40.5 Å². The molecule has 1 fully saturated rings. The minimum Gasteiger partial charge on any atom is -0.457 e. The topological polar surface area (TPSA) is 93.7 Å². The highest BCUT2D eigenvalue weighted by Gasteiger charge is 2.34. The van der Waals surface area contributed by atoms with Crippen molar-refractivity contribution in [2.45, 2.75) is 20.3 Å². The van der Waals surface area contributed by atoms with Crippen LogP contribution in [0.2, 0.25) is 0 Å². The van der Waals surface area contributed by atoms with E-state index in [9.17, 15) is 19.7 Å². The molecule has 1 aliphatic heterocycles. The summed E-state index contributed by atoms with van der Waals surface area (Å²) in [4.78, 5) is 36.3. The van der Waals surface area contributed by atoms with E-state index in [1.54, 1.807) is 31.2 Å². The third kappa shape index (κ3) is 3.41. The van der Waals surface area contributed by atoms with Gasteiger partial charge in [0.1, 0.15) is 11.5 Å². The van der Waals surface area contributed by atoms with Crippen LogP contribution in [-0.2, 0) is 4.79 Å². The van der Waals surface area contributed by atoms with Crippen molar-refractivity contribution in [3.8, 4) is 11.3 Å². The first-order chi connectivity index (χ1) is 12.4. The van der Waals surface area contributed by atoms with Gasteiger partial charge < -0.3 is 4.42 Å². The Hall–Kier alpha value is -2.87. The highest BCUT2D eigenvalue weighted by atomic mass is 32.2. The zero-order chi connectivity index (χ0) is 18.8. The van der Waals surface area contributed by atoms with Crippen molar-refractivity contribution in [2.75, 3.05) is 6.54 Å². The Balaban J connectivity index is 1.87. The number of hydrogen-bond acceptors (Lipinski definition) is 6. The van der Waals surface area contributed by atoms with Crippen molar-refractivity contribution in [2.24, 2.45) is 0 Å². The molecule has 26 heavy (non-hydrogen) atoms. The minimum atomic E-state index is -0.438. The number of carbonyl (C=O) groups is 2. The Morgan fingerprint density at radius 1 is 1.27 bits per heavy atom. The van der Waals surface area contributed by atoms with Crippen molar-refractivity contribution in [3.63, 3.8) is 0 Å². The molecule has 0 atom stereocenters. The van der Waals surface area contributed by atoms with Gasteiger partial charge in [-0.25, -0.2) is 0 Å². The van der Waals surface area contributed by atoms with Crippen LogP contribution in [0.25, 0.3) is 17.4 Å². The predicted octanol–water partition coefficient (Wildman–Crippen LogP) is 4.61. The van der Waals surface area contributed by atoms with Gasteiger partial charge in [0.25, 0.3) is 16.8 Å². The molecule has 134 valence electrons. The number of rotatable bonds is 5. The molecule has 8 heteroatoms. The van der Waals surface area contributed by atoms with E-state index in [4.69, 9.17) is 4.42 Å². The lowest BCUT2D eigenvalue weighted by molar-refractivity contribution is -0.385. The number of hydrogen-bond donors (Lipinski definition) is 0. The van der Waals surface area contributed by atoms with Gasteiger partial charge in [-0.2, -0.15) is 0 Å². The zero-order valence-corrected chi connectivity index (χ0v) is 15.0. The van der Waals surface area contributed by atoms with E-state index in [1.165, 1.54) is 17.0 Å². The van der Waals surface area contributed by atoms with Gasteiger partial charge >= 0.3 is 0 Å². The Kier molecular flexibility index (Phi) is 4.94. The van der Waals surface area contributed by atoms with Gasteiger partial charge in [0.2, 0.25) is 0 Å². The second-order valence-electron chi connectivity index (χ2n) is 5.79. The van der Waals surface area contributed by atoms with Crippen LogP contribution in [0, 0.1) is 17.0 Å². The summed E-state index contributed by atoms with van der Waals surface area (Å²) in [6.07, 6.45) is 2.22. The van der Waals surface area contributed by atoms with Crippen LogP contribution in [0.15, 0.2) is 39.7 Å². The summed E-state index contributed by atoms with van der Waals surface area (Å²) >= 11 is 0.879. The van der Waals surface area contributed by atoms with E-state index in [2.05, 4.69) is 0 Å². The summed E-state index contributed by atoms with van der Waals surface area (Å²) in [5.74, 6) is 0.531. The summed E-state index contributed by atoms with van der Waals surface area (Å²) in [6.45, 7) is 3.95. The maximum atomic E-state index is 12.2. The van der Waals surface area contributed by atoms with Gasteiger partial charge in [-0.3, -0.25) is 24.6 Å². The molecule has 7 nitrogen and oxygen atoms in total. The molecule has 1 aromatic heterocycles. The Morgan fingerprint density at radius 2 is 2.04 bits per heavy atom. The van der Waals surface area contributed by atoms with Crippen LogP contribution >= 0.6 is 11.8 Å². The summed E-state index contributed by atoms with van der Waals surface area (Å²) in [6, 6.07) is 8.18.